The van der Waals surface area contributed by atoms with Crippen LogP contribution in [0.15, 0.2) is 81.2 Å². The number of para-hydroxylation sites is 2. The molecule has 3 aromatic rings. The number of aliphatic imine (C=N–C) groups is 1. The van der Waals surface area contributed by atoms with Gasteiger partial charge in [0.05, 0.1) is 22.5 Å². The fourth-order valence-corrected chi connectivity index (χ4v) is 3.84. The second-order valence-electron chi connectivity index (χ2n) is 6.23. The van der Waals surface area contributed by atoms with E-state index in [1.54, 1.807) is 23.3 Å². The summed E-state index contributed by atoms with van der Waals surface area (Å²) in [5, 5.41) is 0.640. The molecule has 0 N–H and O–H groups in total. The molecule has 1 amide bonds. The molecule has 0 bridgehead atoms. The Balaban J connectivity index is 1.83. The van der Waals surface area contributed by atoms with Gasteiger partial charge in [-0.25, -0.2) is 4.99 Å². The first-order chi connectivity index (χ1) is 13.1. The molecule has 2 aromatic carbocycles. The third-order valence-corrected chi connectivity index (χ3v) is 5.28. The predicted molar refractivity (Wildman–Crippen MR) is 111 cm³/mol. The minimum Gasteiger partial charge on any atom is -0.465 e. The quantitative estimate of drug-likeness (QED) is 0.552. The van der Waals surface area contributed by atoms with Crippen molar-refractivity contribution < 1.29 is 9.21 Å². The van der Waals surface area contributed by atoms with Gasteiger partial charge < -0.3 is 4.42 Å². The van der Waals surface area contributed by atoms with Gasteiger partial charge in [-0.15, -0.1) is 0 Å². The molecule has 0 spiro atoms. The normalized spacial score (nSPS) is 17.3. The fraction of sp³-hybridized carbons (Fsp3) is 0.0909. The lowest BCUT2D eigenvalue weighted by atomic mass is 10.2. The number of rotatable bonds is 3. The van der Waals surface area contributed by atoms with E-state index in [2.05, 4.69) is 0 Å². The molecular weight excluding hydrogens is 356 g/mol. The van der Waals surface area contributed by atoms with Crippen LogP contribution in [0.4, 0.5) is 11.4 Å². The van der Waals surface area contributed by atoms with E-state index in [4.69, 9.17) is 9.41 Å². The van der Waals surface area contributed by atoms with Crippen molar-refractivity contribution in [3.05, 3.63) is 88.7 Å². The van der Waals surface area contributed by atoms with Gasteiger partial charge in [-0.3, -0.25) is 9.69 Å². The van der Waals surface area contributed by atoms with Crippen molar-refractivity contribution in [1.82, 2.24) is 0 Å². The summed E-state index contributed by atoms with van der Waals surface area (Å²) in [6.45, 7) is 4.01. The van der Waals surface area contributed by atoms with Crippen LogP contribution in [0.2, 0.25) is 0 Å². The van der Waals surface area contributed by atoms with Gasteiger partial charge in [0.25, 0.3) is 5.91 Å². The van der Waals surface area contributed by atoms with Crippen LogP contribution < -0.4 is 4.90 Å². The Labute approximate surface area is 162 Å². The van der Waals surface area contributed by atoms with Crippen LogP contribution in [-0.2, 0) is 4.79 Å². The van der Waals surface area contributed by atoms with Crippen molar-refractivity contribution in [1.29, 1.82) is 0 Å². The van der Waals surface area contributed by atoms with Gasteiger partial charge in [0.1, 0.15) is 5.76 Å². The predicted octanol–water partition coefficient (Wildman–Crippen LogP) is 5.71. The van der Waals surface area contributed by atoms with E-state index in [0.717, 1.165) is 22.5 Å². The van der Waals surface area contributed by atoms with E-state index in [9.17, 15) is 4.79 Å². The van der Waals surface area contributed by atoms with Gasteiger partial charge in [-0.1, -0.05) is 36.4 Å². The number of furan rings is 1. The number of carbonyl (C=O) groups excluding carboxylic acids is 1. The lowest BCUT2D eigenvalue weighted by Crippen LogP contribution is -2.29. The third-order valence-electron chi connectivity index (χ3n) is 4.31. The zero-order valence-electron chi connectivity index (χ0n) is 15.0. The smallest absolute Gasteiger partial charge is 0.271 e. The van der Waals surface area contributed by atoms with Crippen molar-refractivity contribution in [3.63, 3.8) is 0 Å². The summed E-state index contributed by atoms with van der Waals surface area (Å²) in [5.41, 5.74) is 3.77. The van der Waals surface area contributed by atoms with Crippen molar-refractivity contribution in [3.8, 4) is 0 Å². The Hall–Kier alpha value is -3.05. The fourth-order valence-electron chi connectivity index (χ4n) is 2.87. The SMILES string of the molecule is Cc1ccccc1N=C1S/C(=C/c2ccco2)C(=O)N1c1ccccc1C. The van der Waals surface area contributed by atoms with Gasteiger partial charge in [0.15, 0.2) is 5.17 Å². The number of nitrogens with zero attached hydrogens (tertiary/aromatic N) is 2. The molecule has 0 saturated carbocycles. The first kappa shape index (κ1) is 17.4. The Kier molecular flexibility index (Phi) is 4.69. The standard InChI is InChI=1S/C22H18N2O2S/c1-15-8-3-5-11-18(15)23-22-24(19-12-6-4-9-16(19)2)21(25)20(27-22)14-17-10-7-13-26-17/h3-14H,1-2H3/b20-14+,23-22?. The summed E-state index contributed by atoms with van der Waals surface area (Å²) in [5.74, 6) is 0.547. The zero-order valence-corrected chi connectivity index (χ0v) is 15.9. The molecule has 2 heterocycles. The van der Waals surface area contributed by atoms with Crippen LogP contribution in [0.3, 0.4) is 0 Å². The van der Waals surface area contributed by atoms with Crippen LogP contribution in [0.1, 0.15) is 16.9 Å². The largest absolute Gasteiger partial charge is 0.465 e. The second kappa shape index (κ2) is 7.29. The van der Waals surface area contributed by atoms with Gasteiger partial charge >= 0.3 is 0 Å². The first-order valence-corrected chi connectivity index (χ1v) is 9.42. The highest BCUT2D eigenvalue weighted by molar-refractivity contribution is 8.19. The van der Waals surface area contributed by atoms with Gasteiger partial charge in [0, 0.05) is 6.08 Å². The topological polar surface area (TPSA) is 45.8 Å². The summed E-state index contributed by atoms with van der Waals surface area (Å²) in [7, 11) is 0. The Morgan fingerprint density at radius 2 is 1.70 bits per heavy atom. The number of carbonyl (C=O) groups is 1. The summed E-state index contributed by atoms with van der Waals surface area (Å²) in [4.78, 5) is 20.2. The molecule has 1 saturated heterocycles. The van der Waals surface area contributed by atoms with Crippen LogP contribution >= 0.6 is 11.8 Å². The number of amidine groups is 1. The number of benzene rings is 2. The minimum absolute atomic E-state index is 0.0990. The Morgan fingerprint density at radius 3 is 2.41 bits per heavy atom. The molecule has 0 aliphatic carbocycles. The maximum Gasteiger partial charge on any atom is 0.271 e. The molecule has 1 fully saturated rings. The van der Waals surface area contributed by atoms with Crippen LogP contribution in [0.25, 0.3) is 6.08 Å². The van der Waals surface area contributed by atoms with Crippen molar-refractivity contribution >= 4 is 40.3 Å². The number of aryl methyl sites for hydroxylation is 2. The number of amides is 1. The average molecular weight is 374 g/mol. The molecule has 0 atom stereocenters. The lowest BCUT2D eigenvalue weighted by molar-refractivity contribution is -0.113. The number of thioether (sulfide) groups is 1. The van der Waals surface area contributed by atoms with Gasteiger partial charge in [-0.05, 0) is 61.0 Å². The first-order valence-electron chi connectivity index (χ1n) is 8.61. The van der Waals surface area contributed by atoms with Crippen molar-refractivity contribution in [2.24, 2.45) is 4.99 Å². The Bertz CT molecular complexity index is 1050. The van der Waals surface area contributed by atoms with E-state index in [1.807, 2.05) is 68.4 Å². The molecule has 1 aliphatic heterocycles. The Morgan fingerprint density at radius 1 is 0.963 bits per heavy atom. The minimum atomic E-state index is -0.0990. The highest BCUT2D eigenvalue weighted by Gasteiger charge is 2.35. The maximum absolute atomic E-state index is 13.2. The average Bonchev–Trinajstić information content (AvgIpc) is 3.27. The van der Waals surface area contributed by atoms with Crippen molar-refractivity contribution in [2.75, 3.05) is 4.90 Å². The van der Waals surface area contributed by atoms with Gasteiger partial charge in [0.2, 0.25) is 0 Å². The zero-order chi connectivity index (χ0) is 18.8. The number of anilines is 1. The van der Waals surface area contributed by atoms with E-state index >= 15 is 0 Å². The summed E-state index contributed by atoms with van der Waals surface area (Å²) < 4.78 is 5.38. The highest BCUT2D eigenvalue weighted by atomic mass is 32.2. The molecule has 5 heteroatoms. The summed E-state index contributed by atoms with van der Waals surface area (Å²) in [6.07, 6.45) is 3.36. The molecule has 134 valence electrons. The highest BCUT2D eigenvalue weighted by Crippen LogP contribution is 2.38. The molecule has 4 rings (SSSR count). The molecule has 1 aliphatic rings. The molecule has 27 heavy (non-hydrogen) atoms. The van der Waals surface area contributed by atoms with Crippen LogP contribution in [-0.4, -0.2) is 11.1 Å². The molecule has 0 radical (unpaired) electrons. The third kappa shape index (κ3) is 3.46. The van der Waals surface area contributed by atoms with E-state index in [-0.39, 0.29) is 5.91 Å². The summed E-state index contributed by atoms with van der Waals surface area (Å²) >= 11 is 1.36. The van der Waals surface area contributed by atoms with E-state index in [1.165, 1.54) is 11.8 Å². The van der Waals surface area contributed by atoms with E-state index < -0.39 is 0 Å². The van der Waals surface area contributed by atoms with Gasteiger partial charge in [-0.2, -0.15) is 0 Å². The molecular formula is C22H18N2O2S. The number of hydrogen-bond acceptors (Lipinski definition) is 4. The second-order valence-corrected chi connectivity index (χ2v) is 7.24. The van der Waals surface area contributed by atoms with E-state index in [0.29, 0.717) is 15.8 Å². The van der Waals surface area contributed by atoms with Crippen LogP contribution in [0.5, 0.6) is 0 Å². The molecule has 4 nitrogen and oxygen atoms in total. The molecule has 0 unspecified atom stereocenters. The lowest BCUT2D eigenvalue weighted by Gasteiger charge is -2.18. The maximum atomic E-state index is 13.2. The van der Waals surface area contributed by atoms with Crippen LogP contribution in [0, 0.1) is 13.8 Å². The van der Waals surface area contributed by atoms with Crippen molar-refractivity contribution in [2.45, 2.75) is 13.8 Å². The summed E-state index contributed by atoms with van der Waals surface area (Å²) in [6, 6.07) is 19.4. The molecule has 1 aromatic heterocycles. The monoisotopic (exact) mass is 374 g/mol. The number of hydrogen-bond donors (Lipinski definition) is 0.